The maximum atomic E-state index is 16.6. The Hall–Kier alpha value is -4.65. The number of methoxy groups -OCH3 is 1. The minimum atomic E-state index is -6.60. The van der Waals surface area contributed by atoms with Gasteiger partial charge in [-0.1, -0.05) is 4.98 Å². The predicted molar refractivity (Wildman–Crippen MR) is 232 cm³/mol. The SMILES string of the molecule is CO[C@@H]1C(O)[C@H]([n+]2cn(C)c3c(=O)[nH]c(N)nc32)O[C@@H]1COP(=O)([O-])OP(=O)([O-])OP(=O)([O-])OC[C@H]1O[C@@H](n2cnc3c(N)ncnc32)C(F)[C@H]1OP(=O)([O-])OC[C@H]1O[C@@H](n2ccc(=O)[nH]c2=O)C(O)[C@H]1OC(C)C. The van der Waals surface area contributed by atoms with E-state index in [1.165, 1.54) is 22.5 Å². The first-order valence-corrected chi connectivity index (χ1v) is 27.4. The first-order chi connectivity index (χ1) is 35.1. The number of hydrogen-bond acceptors (Lipinski definition) is 30. The number of phosphoric ester groups is 3. The number of nitrogen functional groups attached to an aromatic ring is 2. The van der Waals surface area contributed by atoms with E-state index in [1.807, 2.05) is 4.98 Å². The van der Waals surface area contributed by atoms with E-state index < -0.39 is 148 Å². The predicted octanol–water partition coefficient (Wildman–Crippen LogP) is -4.99. The Labute approximate surface area is 417 Å². The molecule has 16 atom stereocenters. The van der Waals surface area contributed by atoms with E-state index >= 15 is 4.39 Å². The zero-order valence-corrected chi connectivity index (χ0v) is 42.4. The summed E-state index contributed by atoms with van der Waals surface area (Å²) in [6.45, 7) is -0.636. The number of aryl methyl sites for hydroxylation is 1. The van der Waals surface area contributed by atoms with Gasteiger partial charge in [0.1, 0.15) is 60.7 Å². The van der Waals surface area contributed by atoms with Crippen LogP contribution in [0.3, 0.4) is 0 Å². The van der Waals surface area contributed by atoms with E-state index in [-0.39, 0.29) is 34.1 Å². The van der Waals surface area contributed by atoms with Gasteiger partial charge in [0.25, 0.3) is 48.4 Å². The maximum absolute atomic E-state index is 16.6. The Morgan fingerprint density at radius 1 is 0.827 bits per heavy atom. The molecule has 8 N–H and O–H groups in total. The van der Waals surface area contributed by atoms with Crippen LogP contribution in [0.2, 0.25) is 0 Å². The van der Waals surface area contributed by atoms with Crippen LogP contribution in [0.4, 0.5) is 16.2 Å². The molecule has 8 rings (SSSR count). The fourth-order valence-corrected chi connectivity index (χ4v) is 12.6. The second kappa shape index (κ2) is 21.6. The highest BCUT2D eigenvalue weighted by Crippen LogP contribution is 2.63. The van der Waals surface area contributed by atoms with Crippen molar-refractivity contribution in [3.63, 3.8) is 0 Å². The molecular weight excluding hydrogens is 1100 g/mol. The van der Waals surface area contributed by atoms with Crippen LogP contribution in [-0.2, 0) is 75.7 Å². The summed E-state index contributed by atoms with van der Waals surface area (Å²) in [5, 5.41) is 22.1. The van der Waals surface area contributed by atoms with E-state index in [2.05, 4.69) is 42.6 Å². The summed E-state index contributed by atoms with van der Waals surface area (Å²) in [5.41, 5.74) is 8.68. The number of aromatic amines is 2. The van der Waals surface area contributed by atoms with Gasteiger partial charge >= 0.3 is 11.3 Å². The number of halogens is 1. The molecule has 75 heavy (non-hydrogen) atoms. The maximum Gasteiger partial charge on any atom is 0.330 e. The van der Waals surface area contributed by atoms with Crippen molar-refractivity contribution < 1.29 is 107 Å². The van der Waals surface area contributed by atoms with Crippen LogP contribution < -0.4 is 52.4 Å². The molecule has 0 spiro atoms. The molecule has 36 nitrogen and oxygen atoms in total. The van der Waals surface area contributed by atoms with Crippen LogP contribution in [0.1, 0.15) is 32.5 Å². The summed E-state index contributed by atoms with van der Waals surface area (Å²) < 4.78 is 128. The number of fused-ring (bicyclic) bond motifs is 2. The van der Waals surface area contributed by atoms with Gasteiger partial charge in [0, 0.05) is 19.4 Å². The number of rotatable bonds is 21. The van der Waals surface area contributed by atoms with Crippen molar-refractivity contribution in [2.24, 2.45) is 7.05 Å². The minimum Gasteiger partial charge on any atom is -0.756 e. The highest BCUT2D eigenvalue weighted by Gasteiger charge is 2.52. The van der Waals surface area contributed by atoms with Crippen molar-refractivity contribution >= 4 is 65.4 Å². The number of aliphatic hydroxyl groups is 2. The van der Waals surface area contributed by atoms with E-state index in [4.69, 9.17) is 44.2 Å². The van der Waals surface area contributed by atoms with Crippen molar-refractivity contribution in [2.75, 3.05) is 38.4 Å². The van der Waals surface area contributed by atoms with E-state index in [0.29, 0.717) is 0 Å². The van der Waals surface area contributed by atoms with Crippen molar-refractivity contribution in [3.05, 3.63) is 62.4 Å². The number of phosphoric acid groups is 4. The summed E-state index contributed by atoms with van der Waals surface area (Å²) >= 11 is 0. The third-order valence-corrected chi connectivity index (χ3v) is 16.4. The molecule has 7 unspecified atom stereocenters. The van der Waals surface area contributed by atoms with Crippen molar-refractivity contribution in [2.45, 2.75) is 93.6 Å². The molecule has 414 valence electrons. The summed E-state index contributed by atoms with van der Waals surface area (Å²) in [5.74, 6) is -0.497. The molecular formula is C34H44FN12O24P4-3. The molecule has 8 heterocycles. The highest BCUT2D eigenvalue weighted by atomic mass is 31.3. The Balaban J connectivity index is 0.937. The van der Waals surface area contributed by atoms with E-state index in [0.717, 1.165) is 41.2 Å². The van der Waals surface area contributed by atoms with Crippen LogP contribution in [0.5, 0.6) is 0 Å². The number of anilines is 2. The van der Waals surface area contributed by atoms with Crippen LogP contribution in [-0.4, -0.2) is 142 Å². The first kappa shape index (κ1) is 56.6. The third-order valence-electron chi connectivity index (χ3n) is 11.3. The molecule has 0 amide bonds. The third kappa shape index (κ3) is 12.2. The summed E-state index contributed by atoms with van der Waals surface area (Å²) in [6.07, 6.45) is -17.9. The number of alkyl halides is 1. The molecule has 0 aliphatic carbocycles. The number of H-pyrrole nitrogens is 2. The zero-order chi connectivity index (χ0) is 54.7. The smallest absolute Gasteiger partial charge is 0.330 e. The lowest BCUT2D eigenvalue weighted by atomic mass is 10.1. The van der Waals surface area contributed by atoms with E-state index in [1.54, 1.807) is 13.8 Å². The Morgan fingerprint density at radius 3 is 2.07 bits per heavy atom. The lowest BCUT2D eigenvalue weighted by Gasteiger charge is -2.35. The van der Waals surface area contributed by atoms with Gasteiger partial charge in [0.15, 0.2) is 36.4 Å². The molecule has 0 aromatic carbocycles. The molecule has 0 radical (unpaired) electrons. The molecule has 3 fully saturated rings. The summed E-state index contributed by atoms with van der Waals surface area (Å²) in [6, 6.07) is 0.939. The second-order valence-electron chi connectivity index (χ2n) is 16.7. The second-order valence-corrected chi connectivity index (χ2v) is 22.6. The number of nitrogens with two attached hydrogens (primary N) is 2. The molecule has 41 heteroatoms. The van der Waals surface area contributed by atoms with Crippen LogP contribution in [0.15, 0.2) is 45.6 Å². The molecule has 0 bridgehead atoms. The van der Waals surface area contributed by atoms with Gasteiger partial charge in [-0.2, -0.15) is 0 Å². The van der Waals surface area contributed by atoms with Crippen LogP contribution >= 0.6 is 31.3 Å². The average Bonchev–Trinajstić information content (AvgIpc) is 4.10. The Kier molecular flexibility index (Phi) is 16.3. The van der Waals surface area contributed by atoms with Gasteiger partial charge < -0.3 is 83.0 Å². The number of nitrogens with zero attached hydrogens (tertiary/aromatic N) is 8. The Morgan fingerprint density at radius 2 is 1.44 bits per heavy atom. The number of aromatic nitrogens is 10. The van der Waals surface area contributed by atoms with Gasteiger partial charge in [0.2, 0.25) is 11.7 Å². The number of ether oxygens (including phenoxy) is 5. The standard InChI is InChI=1S/C34H47FN12O24P4/c1-13(2)65-25-16(68-31(22(25)50)45-6-5-17(48)41-34(45)52)9-62-72(53,54)69-23-14(66-30(18(23)35)46-11-40-19-26(36)38-10-39-27(19)46)7-63-73(55,56)70-75(59,60)71-74(57,58)64-8-15-24(61-4)21(49)32(67-15)47-12-44(3)20-28(47)42-33(37)43-29(20)51/h5-6,10-16,18,21-25,30-32,49-50H,7-9H2,1-4H3,(H9-,36,37,38,39,41,42,43,48,51,52,53,54,55,56,57,58,59,60)/p-3/t14-,15-,16-,18?,21?,22?,23+,24+,25+,30-,31-,32-/m1/s1. The van der Waals surface area contributed by atoms with Gasteiger partial charge in [-0.3, -0.25) is 51.5 Å². The lowest BCUT2D eigenvalue weighted by molar-refractivity contribution is -0.745. The zero-order valence-electron chi connectivity index (χ0n) is 38.8. The quantitative estimate of drug-likeness (QED) is 0.0296. The molecule has 5 aromatic heterocycles. The molecule has 5 aromatic rings. The Bertz CT molecular complexity index is 3310. The van der Waals surface area contributed by atoms with Crippen LogP contribution in [0.25, 0.3) is 22.3 Å². The fourth-order valence-electron chi connectivity index (χ4n) is 8.24. The minimum absolute atomic E-state index is 0.0121. The lowest BCUT2D eigenvalue weighted by Crippen LogP contribution is -2.46. The number of nitrogens with one attached hydrogen (secondary N) is 2. The van der Waals surface area contributed by atoms with Gasteiger partial charge in [-0.25, -0.2) is 37.3 Å². The molecule has 0 saturated carbocycles. The highest BCUT2D eigenvalue weighted by molar-refractivity contribution is 7.65. The van der Waals surface area contributed by atoms with Crippen molar-refractivity contribution in [1.82, 2.24) is 43.6 Å². The number of imidazole rings is 2. The first-order valence-electron chi connectivity index (χ1n) is 21.5. The monoisotopic (exact) mass is 1150 g/mol. The van der Waals surface area contributed by atoms with Gasteiger partial charge in [-0.05, 0) is 13.8 Å². The summed E-state index contributed by atoms with van der Waals surface area (Å²) in [4.78, 5) is 109. The summed E-state index contributed by atoms with van der Waals surface area (Å²) in [7, 11) is -22.5. The van der Waals surface area contributed by atoms with Crippen LogP contribution in [0, 0.1) is 0 Å². The number of aliphatic hydroxyl groups excluding tert-OH is 2. The van der Waals surface area contributed by atoms with Gasteiger partial charge in [-0.15, -0.1) is 0 Å². The molecule has 3 saturated heterocycles. The molecule has 3 aliphatic heterocycles. The molecule has 3 aliphatic rings. The van der Waals surface area contributed by atoms with Crippen molar-refractivity contribution in [1.29, 1.82) is 0 Å². The normalized spacial score (nSPS) is 30.5. The largest absolute Gasteiger partial charge is 0.756 e. The van der Waals surface area contributed by atoms with Gasteiger partial charge in [0.05, 0.1) is 39.3 Å². The van der Waals surface area contributed by atoms with Crippen molar-refractivity contribution in [3.8, 4) is 0 Å². The fraction of sp³-hybridized carbons (Fsp3) is 0.588. The topological polar surface area (TPSA) is 508 Å². The number of hydrogen-bond donors (Lipinski definition) is 6. The average molecular weight is 1150 g/mol. The van der Waals surface area contributed by atoms with E-state index in [9.17, 15) is 62.4 Å².